The van der Waals surface area contributed by atoms with Crippen molar-refractivity contribution in [3.05, 3.63) is 221 Å². The first kappa shape index (κ1) is 35.1. The molecule has 4 aliphatic carbocycles. The minimum atomic E-state index is -0.498. The third kappa shape index (κ3) is 4.78. The van der Waals surface area contributed by atoms with E-state index in [1.807, 2.05) is 0 Å². The van der Waals surface area contributed by atoms with Gasteiger partial charge in [-0.05, 0) is 138 Å². The van der Waals surface area contributed by atoms with Crippen molar-refractivity contribution in [3.8, 4) is 33.4 Å². The number of anilines is 3. The van der Waals surface area contributed by atoms with Gasteiger partial charge in [0.05, 0.1) is 11.1 Å². The highest BCUT2D eigenvalue weighted by Crippen LogP contribution is 2.63. The molecule has 0 N–H and O–H groups in total. The topological polar surface area (TPSA) is 3.24 Å². The zero-order valence-corrected chi connectivity index (χ0v) is 34.9. The molecule has 9 aromatic rings. The molecule has 1 saturated carbocycles. The Morgan fingerprint density at radius 1 is 0.410 bits per heavy atom. The van der Waals surface area contributed by atoms with Crippen LogP contribution in [0.25, 0.3) is 54.9 Å². The second-order valence-electron chi connectivity index (χ2n) is 18.6. The number of hydrogen-bond donors (Lipinski definition) is 0. The summed E-state index contributed by atoms with van der Waals surface area (Å²) in [7, 11) is 0. The van der Waals surface area contributed by atoms with Crippen LogP contribution in [0.1, 0.15) is 90.8 Å². The van der Waals surface area contributed by atoms with Gasteiger partial charge in [-0.3, -0.25) is 0 Å². The quantitative estimate of drug-likeness (QED) is 0.172. The van der Waals surface area contributed by atoms with Crippen LogP contribution in [0.3, 0.4) is 0 Å². The lowest BCUT2D eigenvalue weighted by molar-refractivity contribution is 0.443. The molecular weight excluding hydrogens is 735 g/mol. The van der Waals surface area contributed by atoms with Crippen molar-refractivity contribution in [1.82, 2.24) is 0 Å². The molecule has 9 aromatic carbocycles. The minimum Gasteiger partial charge on any atom is -0.310 e. The maximum absolute atomic E-state index is 2.61. The summed E-state index contributed by atoms with van der Waals surface area (Å²) < 4.78 is 0. The van der Waals surface area contributed by atoms with Crippen LogP contribution >= 0.6 is 0 Å². The molecule has 0 heterocycles. The van der Waals surface area contributed by atoms with Gasteiger partial charge in [-0.2, -0.15) is 0 Å². The molecule has 61 heavy (non-hydrogen) atoms. The molecule has 0 saturated heterocycles. The maximum atomic E-state index is 2.61. The second kappa shape index (κ2) is 12.9. The number of fused-ring (bicyclic) bond motifs is 13. The number of hydrogen-bond acceptors (Lipinski definition) is 1. The predicted molar refractivity (Wildman–Crippen MR) is 256 cm³/mol. The van der Waals surface area contributed by atoms with E-state index in [0.717, 1.165) is 0 Å². The second-order valence-corrected chi connectivity index (χ2v) is 18.6. The van der Waals surface area contributed by atoms with Gasteiger partial charge in [-0.15, -0.1) is 0 Å². The molecule has 1 spiro atoms. The number of benzene rings is 9. The highest BCUT2D eigenvalue weighted by Gasteiger charge is 2.50. The minimum absolute atomic E-state index is 0.121. The highest BCUT2D eigenvalue weighted by atomic mass is 15.1. The van der Waals surface area contributed by atoms with Crippen LogP contribution < -0.4 is 4.90 Å². The third-order valence-corrected chi connectivity index (χ3v) is 15.2. The fourth-order valence-electron chi connectivity index (χ4n) is 12.5. The van der Waals surface area contributed by atoms with E-state index in [1.54, 1.807) is 0 Å². The summed E-state index contributed by atoms with van der Waals surface area (Å²) in [6, 6.07) is 70.1. The molecular formula is C60H47N. The van der Waals surface area contributed by atoms with Crippen LogP contribution in [0.2, 0.25) is 0 Å². The van der Waals surface area contributed by atoms with E-state index >= 15 is 0 Å². The summed E-state index contributed by atoms with van der Waals surface area (Å²) in [6.07, 6.45) is 6.59. The average molecular weight is 782 g/mol. The SMILES string of the molecule is CC1(C)c2ccccc2-c2ccc(N(c3ccc4c(c3)C3(c5ccccc5-4)c4ccc(C5CCCCC5)cc4-c4cccc5cccc3c45)c3cccc4ccccc34)cc21. The first-order valence-corrected chi connectivity index (χ1v) is 22.5. The summed E-state index contributed by atoms with van der Waals surface area (Å²) >= 11 is 0. The number of nitrogens with zero attached hydrogens (tertiary/aromatic N) is 1. The van der Waals surface area contributed by atoms with Crippen LogP contribution in [0.5, 0.6) is 0 Å². The summed E-state index contributed by atoms with van der Waals surface area (Å²) in [5, 5.41) is 5.17. The zero-order chi connectivity index (χ0) is 40.5. The predicted octanol–water partition coefficient (Wildman–Crippen LogP) is 16.2. The van der Waals surface area contributed by atoms with Crippen molar-refractivity contribution >= 4 is 38.6 Å². The molecule has 0 aromatic heterocycles. The maximum Gasteiger partial charge on any atom is 0.0726 e. The molecule has 0 aliphatic heterocycles. The Balaban J connectivity index is 1.10. The number of rotatable bonds is 4. The molecule has 0 amide bonds. The average Bonchev–Trinajstić information content (AvgIpc) is 3.73. The summed E-state index contributed by atoms with van der Waals surface area (Å²) in [5.41, 5.74) is 20.8. The summed E-state index contributed by atoms with van der Waals surface area (Å²) in [5.74, 6) is 0.625. The molecule has 13 rings (SSSR count). The van der Waals surface area contributed by atoms with Crippen molar-refractivity contribution in [1.29, 1.82) is 0 Å². The molecule has 292 valence electrons. The monoisotopic (exact) mass is 781 g/mol. The Kier molecular flexibility index (Phi) is 7.42. The van der Waals surface area contributed by atoms with Crippen molar-refractivity contribution < 1.29 is 0 Å². The fourth-order valence-corrected chi connectivity index (χ4v) is 12.5. The molecule has 1 nitrogen and oxygen atoms in total. The first-order valence-electron chi connectivity index (χ1n) is 22.5. The Morgan fingerprint density at radius 2 is 0.984 bits per heavy atom. The van der Waals surface area contributed by atoms with E-state index in [1.165, 1.54) is 143 Å². The Bertz CT molecular complexity index is 3280. The highest BCUT2D eigenvalue weighted by molar-refractivity contribution is 6.08. The smallest absolute Gasteiger partial charge is 0.0726 e. The van der Waals surface area contributed by atoms with E-state index in [4.69, 9.17) is 0 Å². The lowest BCUT2D eigenvalue weighted by Gasteiger charge is -2.41. The summed E-state index contributed by atoms with van der Waals surface area (Å²) in [4.78, 5) is 2.54. The lowest BCUT2D eigenvalue weighted by atomic mass is 9.61. The van der Waals surface area contributed by atoms with Crippen LogP contribution in [-0.4, -0.2) is 0 Å². The Morgan fingerprint density at radius 3 is 1.80 bits per heavy atom. The summed E-state index contributed by atoms with van der Waals surface area (Å²) in [6.45, 7) is 4.78. The zero-order valence-electron chi connectivity index (χ0n) is 34.9. The lowest BCUT2D eigenvalue weighted by Crippen LogP contribution is -2.32. The van der Waals surface area contributed by atoms with Gasteiger partial charge in [0.25, 0.3) is 0 Å². The van der Waals surface area contributed by atoms with Gasteiger partial charge in [0, 0.05) is 22.2 Å². The Labute approximate surface area is 359 Å². The van der Waals surface area contributed by atoms with Gasteiger partial charge in [0.1, 0.15) is 0 Å². The van der Waals surface area contributed by atoms with Gasteiger partial charge in [-0.25, -0.2) is 0 Å². The van der Waals surface area contributed by atoms with E-state index in [2.05, 4.69) is 201 Å². The first-order chi connectivity index (χ1) is 30.0. The van der Waals surface area contributed by atoms with E-state index < -0.39 is 5.41 Å². The van der Waals surface area contributed by atoms with E-state index in [-0.39, 0.29) is 5.41 Å². The third-order valence-electron chi connectivity index (χ3n) is 15.2. The van der Waals surface area contributed by atoms with Crippen LogP contribution in [-0.2, 0) is 10.8 Å². The van der Waals surface area contributed by atoms with E-state index in [9.17, 15) is 0 Å². The normalized spacial score (nSPS) is 17.8. The van der Waals surface area contributed by atoms with Crippen LogP contribution in [0.15, 0.2) is 182 Å². The van der Waals surface area contributed by atoms with Gasteiger partial charge < -0.3 is 4.90 Å². The van der Waals surface area contributed by atoms with Gasteiger partial charge >= 0.3 is 0 Å². The van der Waals surface area contributed by atoms with Crippen molar-refractivity contribution in [2.45, 2.75) is 62.7 Å². The molecule has 1 heteroatoms. The molecule has 4 aliphatic rings. The standard InChI is InChI=1S/C60H47N/c1-59(2)51-25-10-8-22-45(51)47-32-30-42(36-55(47)59)61(57-28-14-18-39-17-6-7-21-44(39)57)43-31-33-48-46-23-9-11-26-52(46)60(56(48)37-43)53-34-29-41(38-15-4-3-5-16-38)35-50(53)49-24-12-19-40-20-13-27-54(60)58(40)49/h6-14,17-38H,3-5,15-16H2,1-2H3. The molecule has 1 atom stereocenters. The van der Waals surface area contributed by atoms with Crippen molar-refractivity contribution in [3.63, 3.8) is 0 Å². The molecule has 0 radical (unpaired) electrons. The molecule has 1 fully saturated rings. The van der Waals surface area contributed by atoms with Crippen LogP contribution in [0.4, 0.5) is 17.1 Å². The van der Waals surface area contributed by atoms with Gasteiger partial charge in [0.15, 0.2) is 0 Å². The van der Waals surface area contributed by atoms with Crippen molar-refractivity contribution in [2.75, 3.05) is 4.90 Å². The van der Waals surface area contributed by atoms with Gasteiger partial charge in [-0.1, -0.05) is 185 Å². The largest absolute Gasteiger partial charge is 0.310 e. The van der Waals surface area contributed by atoms with Crippen LogP contribution in [0, 0.1) is 0 Å². The fraction of sp³-hybridized carbons (Fsp3) is 0.167. The molecule has 1 unspecified atom stereocenters. The Hall–Kier alpha value is -6.70. The van der Waals surface area contributed by atoms with Crippen molar-refractivity contribution in [2.24, 2.45) is 0 Å². The van der Waals surface area contributed by atoms with Gasteiger partial charge in [0.2, 0.25) is 0 Å². The molecule has 0 bridgehead atoms. The van der Waals surface area contributed by atoms with E-state index in [0.29, 0.717) is 5.92 Å².